The molecule has 5 heteroatoms. The van der Waals surface area contributed by atoms with Gasteiger partial charge in [-0.2, -0.15) is 8.42 Å². The van der Waals surface area contributed by atoms with E-state index in [9.17, 15) is 8.42 Å². The van der Waals surface area contributed by atoms with Crippen LogP contribution in [-0.4, -0.2) is 15.0 Å². The molecule has 4 nitrogen and oxygen atoms in total. The summed E-state index contributed by atoms with van der Waals surface area (Å²) in [5, 5.41) is 0. The van der Waals surface area contributed by atoms with Crippen LogP contribution in [0.4, 0.5) is 0 Å². The molecule has 1 rings (SSSR count). The third kappa shape index (κ3) is 8.17. The van der Waals surface area contributed by atoms with Gasteiger partial charge in [0.25, 0.3) is 0 Å². The molecule has 1 aromatic rings. The van der Waals surface area contributed by atoms with E-state index in [1.807, 2.05) is 0 Å². The maximum Gasteiger partial charge on any atom is 0.449 e. The van der Waals surface area contributed by atoms with Crippen molar-refractivity contribution in [2.45, 2.75) is 51.9 Å². The molecular weight excluding hydrogens is 276 g/mol. The van der Waals surface area contributed by atoms with Crippen molar-refractivity contribution in [1.82, 2.24) is 0 Å². The average molecular weight is 300 g/mol. The van der Waals surface area contributed by atoms with Gasteiger partial charge in [-0.3, -0.25) is 0 Å². The van der Waals surface area contributed by atoms with Crippen molar-refractivity contribution >= 4 is 10.4 Å². The Hall–Kier alpha value is -1.07. The van der Waals surface area contributed by atoms with Crippen molar-refractivity contribution in [3.8, 4) is 5.75 Å². The summed E-state index contributed by atoms with van der Waals surface area (Å²) in [6.07, 6.45) is 7.83. The second-order valence-corrected chi connectivity index (χ2v) is 5.97. The number of hydrogen-bond acceptors (Lipinski definition) is 4. The molecule has 0 atom stereocenters. The lowest BCUT2D eigenvalue weighted by molar-refractivity contribution is 0.265. The Balaban J connectivity index is 2.11. The largest absolute Gasteiger partial charge is 0.449 e. The molecule has 0 aromatic heterocycles. The molecule has 0 N–H and O–H groups in total. The molecule has 0 amide bonds. The van der Waals surface area contributed by atoms with Gasteiger partial charge in [0, 0.05) is 0 Å². The number of hydrogen-bond donors (Lipinski definition) is 0. The maximum atomic E-state index is 11.5. The van der Waals surface area contributed by atoms with Gasteiger partial charge >= 0.3 is 10.4 Å². The van der Waals surface area contributed by atoms with Gasteiger partial charge in [-0.15, -0.1) is 0 Å². The lowest BCUT2D eigenvalue weighted by Gasteiger charge is -2.06. The van der Waals surface area contributed by atoms with Crippen LogP contribution in [-0.2, 0) is 14.6 Å². The quantitative estimate of drug-likeness (QED) is 0.578. The summed E-state index contributed by atoms with van der Waals surface area (Å²) in [7, 11) is -3.94. The molecular formula is C15H24O4S. The van der Waals surface area contributed by atoms with Crippen LogP contribution in [0, 0.1) is 0 Å². The Morgan fingerprint density at radius 1 is 0.900 bits per heavy atom. The molecule has 0 bridgehead atoms. The SMILES string of the molecule is CCCCCCCCCOS(=O)(=O)Oc1ccccc1. The molecule has 1 aromatic carbocycles. The van der Waals surface area contributed by atoms with E-state index in [1.54, 1.807) is 30.3 Å². The number of unbranched alkanes of at least 4 members (excludes halogenated alkanes) is 6. The summed E-state index contributed by atoms with van der Waals surface area (Å²) in [6.45, 7) is 2.37. The first-order valence-electron chi connectivity index (χ1n) is 7.28. The van der Waals surface area contributed by atoms with Gasteiger partial charge in [0.15, 0.2) is 0 Å². The highest BCUT2D eigenvalue weighted by Crippen LogP contribution is 2.13. The summed E-state index contributed by atoms with van der Waals surface area (Å²) < 4.78 is 32.7. The van der Waals surface area contributed by atoms with Crippen molar-refractivity contribution in [2.24, 2.45) is 0 Å². The minimum atomic E-state index is -3.94. The van der Waals surface area contributed by atoms with E-state index < -0.39 is 10.4 Å². The zero-order chi connectivity index (χ0) is 14.7. The van der Waals surface area contributed by atoms with Crippen LogP contribution in [0.2, 0.25) is 0 Å². The van der Waals surface area contributed by atoms with Crippen molar-refractivity contribution in [3.05, 3.63) is 30.3 Å². The Bertz CT molecular complexity index is 442. The predicted octanol–water partition coefficient (Wildman–Crippen LogP) is 4.08. The smallest absolute Gasteiger partial charge is 0.362 e. The third-order valence-electron chi connectivity index (χ3n) is 2.92. The summed E-state index contributed by atoms with van der Waals surface area (Å²) in [6, 6.07) is 8.37. The maximum absolute atomic E-state index is 11.5. The minimum absolute atomic E-state index is 0.183. The highest BCUT2D eigenvalue weighted by atomic mass is 32.3. The molecule has 0 spiro atoms. The molecule has 20 heavy (non-hydrogen) atoms. The fraction of sp³-hybridized carbons (Fsp3) is 0.600. The molecule has 0 aliphatic heterocycles. The Kier molecular flexibility index (Phi) is 8.30. The first kappa shape index (κ1) is 17.0. The topological polar surface area (TPSA) is 52.6 Å². The molecule has 0 heterocycles. The van der Waals surface area contributed by atoms with Crippen molar-refractivity contribution in [3.63, 3.8) is 0 Å². The summed E-state index contributed by atoms with van der Waals surface area (Å²) in [5.41, 5.74) is 0. The fourth-order valence-corrected chi connectivity index (χ4v) is 2.56. The Morgan fingerprint density at radius 3 is 2.15 bits per heavy atom. The monoisotopic (exact) mass is 300 g/mol. The highest BCUT2D eigenvalue weighted by Gasteiger charge is 2.12. The highest BCUT2D eigenvalue weighted by molar-refractivity contribution is 7.82. The van der Waals surface area contributed by atoms with Crippen LogP contribution in [0.25, 0.3) is 0 Å². The molecule has 0 saturated heterocycles. The second-order valence-electron chi connectivity index (χ2n) is 4.75. The first-order chi connectivity index (χ1) is 9.64. The second kappa shape index (κ2) is 9.77. The van der Waals surface area contributed by atoms with Crippen molar-refractivity contribution in [2.75, 3.05) is 6.61 Å². The van der Waals surface area contributed by atoms with Crippen LogP contribution in [0.5, 0.6) is 5.75 Å². The standard InChI is InChI=1S/C15H24O4S/c1-2-3-4-5-6-7-11-14-18-20(16,17)19-15-12-9-8-10-13-15/h8-10,12-13H,2-7,11,14H2,1H3. The van der Waals surface area contributed by atoms with E-state index in [2.05, 4.69) is 6.92 Å². The summed E-state index contributed by atoms with van der Waals surface area (Å²) >= 11 is 0. The van der Waals surface area contributed by atoms with Gasteiger partial charge in [-0.25, -0.2) is 4.18 Å². The zero-order valence-electron chi connectivity index (χ0n) is 12.1. The Labute approximate surface area is 122 Å². The van der Waals surface area contributed by atoms with Gasteiger partial charge in [-0.05, 0) is 18.6 Å². The van der Waals surface area contributed by atoms with Crippen LogP contribution < -0.4 is 4.18 Å². The van der Waals surface area contributed by atoms with Crippen LogP contribution >= 0.6 is 0 Å². The van der Waals surface area contributed by atoms with Gasteiger partial charge in [-0.1, -0.05) is 63.6 Å². The van der Waals surface area contributed by atoms with E-state index in [-0.39, 0.29) is 12.4 Å². The molecule has 0 aliphatic carbocycles. The fourth-order valence-electron chi connectivity index (χ4n) is 1.84. The number of rotatable bonds is 11. The zero-order valence-corrected chi connectivity index (χ0v) is 12.9. The van der Waals surface area contributed by atoms with E-state index in [0.29, 0.717) is 0 Å². The number of para-hydroxylation sites is 1. The van der Waals surface area contributed by atoms with Crippen LogP contribution in [0.15, 0.2) is 30.3 Å². The van der Waals surface area contributed by atoms with Gasteiger partial charge in [0.2, 0.25) is 0 Å². The number of benzene rings is 1. The first-order valence-corrected chi connectivity index (χ1v) is 8.61. The normalized spacial score (nSPS) is 11.4. The average Bonchev–Trinajstić information content (AvgIpc) is 2.42. The molecule has 0 radical (unpaired) electrons. The minimum Gasteiger partial charge on any atom is -0.362 e. The molecule has 114 valence electrons. The van der Waals surface area contributed by atoms with Gasteiger partial charge in [0.1, 0.15) is 5.75 Å². The van der Waals surface area contributed by atoms with E-state index in [4.69, 9.17) is 8.37 Å². The predicted molar refractivity (Wildman–Crippen MR) is 79.9 cm³/mol. The lowest BCUT2D eigenvalue weighted by atomic mass is 10.1. The van der Waals surface area contributed by atoms with Gasteiger partial charge < -0.3 is 4.18 Å². The summed E-state index contributed by atoms with van der Waals surface area (Å²) in [4.78, 5) is 0. The van der Waals surface area contributed by atoms with Gasteiger partial charge in [0.05, 0.1) is 6.61 Å². The van der Waals surface area contributed by atoms with E-state index >= 15 is 0 Å². The van der Waals surface area contributed by atoms with Crippen molar-refractivity contribution < 1.29 is 16.8 Å². The molecule has 0 aliphatic rings. The summed E-state index contributed by atoms with van der Waals surface area (Å²) in [5.74, 6) is 0.270. The van der Waals surface area contributed by atoms with E-state index in [1.165, 1.54) is 25.7 Å². The lowest BCUT2D eigenvalue weighted by Crippen LogP contribution is -2.14. The third-order valence-corrected chi connectivity index (χ3v) is 3.77. The van der Waals surface area contributed by atoms with Crippen LogP contribution in [0.3, 0.4) is 0 Å². The van der Waals surface area contributed by atoms with E-state index in [0.717, 1.165) is 19.3 Å². The molecule has 0 saturated carbocycles. The van der Waals surface area contributed by atoms with Crippen molar-refractivity contribution in [1.29, 1.82) is 0 Å². The molecule has 0 fully saturated rings. The van der Waals surface area contributed by atoms with Crippen LogP contribution in [0.1, 0.15) is 51.9 Å². The Morgan fingerprint density at radius 2 is 1.50 bits per heavy atom. The molecule has 0 unspecified atom stereocenters.